The first-order valence-electron chi connectivity index (χ1n) is 7.29. The lowest BCUT2D eigenvalue weighted by molar-refractivity contribution is -0.147. The minimum Gasteiger partial charge on any atom is -0.480 e. The van der Waals surface area contributed by atoms with Gasteiger partial charge in [0.2, 0.25) is 0 Å². The van der Waals surface area contributed by atoms with E-state index in [1.165, 1.54) is 4.90 Å². The zero-order valence-electron chi connectivity index (χ0n) is 13.0. The number of likely N-dealkylation sites (N-methyl/N-ethyl adjacent to an activating group) is 1. The normalized spacial score (nSPS) is 19.8. The molecule has 1 aliphatic heterocycles. The molecule has 0 radical (unpaired) electrons. The average molecular weight is 285 g/mol. The minimum absolute atomic E-state index is 0.166. The third-order valence-corrected chi connectivity index (χ3v) is 4.03. The fraction of sp³-hybridized carbons (Fsp3) is 0.857. The molecule has 1 aliphatic rings. The average Bonchev–Trinajstić information content (AvgIpc) is 2.39. The number of carbonyl (C=O) groups excluding carboxylic acids is 1. The fourth-order valence-electron chi connectivity index (χ4n) is 2.75. The van der Waals surface area contributed by atoms with Crippen molar-refractivity contribution in [3.63, 3.8) is 0 Å². The third-order valence-electron chi connectivity index (χ3n) is 4.03. The Balaban J connectivity index is 2.78. The number of hydrogen-bond acceptors (Lipinski definition) is 3. The molecule has 0 aromatic rings. The van der Waals surface area contributed by atoms with Crippen molar-refractivity contribution in [3.8, 4) is 0 Å². The van der Waals surface area contributed by atoms with Gasteiger partial charge >= 0.3 is 12.0 Å². The van der Waals surface area contributed by atoms with Crippen LogP contribution in [0, 0.1) is 5.92 Å². The van der Waals surface area contributed by atoms with Crippen molar-refractivity contribution in [1.29, 1.82) is 0 Å². The van der Waals surface area contributed by atoms with E-state index in [4.69, 9.17) is 0 Å². The van der Waals surface area contributed by atoms with E-state index in [-0.39, 0.29) is 6.03 Å². The first-order chi connectivity index (χ1) is 9.34. The summed E-state index contributed by atoms with van der Waals surface area (Å²) in [5, 5.41) is 12.4. The molecule has 1 fully saturated rings. The highest BCUT2D eigenvalue weighted by Gasteiger charge is 2.39. The lowest BCUT2D eigenvalue weighted by Crippen LogP contribution is -2.58. The monoisotopic (exact) mass is 285 g/mol. The van der Waals surface area contributed by atoms with Gasteiger partial charge in [-0.3, -0.25) is 0 Å². The number of aliphatic carboxylic acids is 1. The Morgan fingerprint density at radius 1 is 1.45 bits per heavy atom. The maximum absolute atomic E-state index is 12.6. The van der Waals surface area contributed by atoms with Gasteiger partial charge in [-0.15, -0.1) is 0 Å². The maximum atomic E-state index is 12.6. The predicted molar refractivity (Wildman–Crippen MR) is 77.7 cm³/mol. The molecule has 2 amide bonds. The van der Waals surface area contributed by atoms with Crippen LogP contribution in [-0.4, -0.2) is 65.7 Å². The molecule has 0 aromatic carbocycles. The molecule has 1 saturated heterocycles. The highest BCUT2D eigenvalue weighted by atomic mass is 16.4. The zero-order chi connectivity index (χ0) is 15.3. The van der Waals surface area contributed by atoms with E-state index >= 15 is 0 Å². The Hall–Kier alpha value is -1.30. The molecular formula is C14H27N3O3. The van der Waals surface area contributed by atoms with Crippen molar-refractivity contribution in [3.05, 3.63) is 0 Å². The van der Waals surface area contributed by atoms with Crippen LogP contribution in [0.1, 0.15) is 33.6 Å². The topological polar surface area (TPSA) is 72.9 Å². The van der Waals surface area contributed by atoms with Gasteiger partial charge in [-0.05, 0) is 53.1 Å². The number of hydrogen-bond donors (Lipinski definition) is 2. The molecule has 0 bridgehead atoms. The second-order valence-electron chi connectivity index (χ2n) is 5.90. The maximum Gasteiger partial charge on any atom is 0.329 e. The number of amides is 2. The number of piperidine rings is 1. The number of carboxylic acids is 1. The Labute approximate surface area is 121 Å². The number of nitrogens with one attached hydrogen (secondary N) is 1. The Kier molecular flexibility index (Phi) is 5.80. The molecule has 6 nitrogen and oxygen atoms in total. The molecule has 0 aromatic heterocycles. The Bertz CT molecular complexity index is 356. The summed E-state index contributed by atoms with van der Waals surface area (Å²) in [6.45, 7) is 7.66. The smallest absolute Gasteiger partial charge is 0.329 e. The summed E-state index contributed by atoms with van der Waals surface area (Å²) in [4.78, 5) is 27.2. The van der Waals surface area contributed by atoms with Crippen LogP contribution in [0.4, 0.5) is 4.79 Å². The number of carboxylic acid groups (broad SMARTS) is 1. The largest absolute Gasteiger partial charge is 0.480 e. The van der Waals surface area contributed by atoms with Crippen LogP contribution in [-0.2, 0) is 4.79 Å². The Morgan fingerprint density at radius 2 is 2.10 bits per heavy atom. The van der Waals surface area contributed by atoms with E-state index < -0.39 is 11.5 Å². The van der Waals surface area contributed by atoms with Gasteiger partial charge in [0.25, 0.3) is 0 Å². The number of rotatable bonds is 5. The minimum atomic E-state index is -1.18. The standard InChI is InChI=1S/C14H27N3O3/c1-5-17(14(2,3)12(18)19)13(20)16-8-6-7-11(10-16)9-15-4/h11,15H,5-10H2,1-4H3,(H,18,19). The molecule has 6 heteroatoms. The van der Waals surface area contributed by atoms with E-state index in [0.717, 1.165) is 19.4 Å². The lowest BCUT2D eigenvalue weighted by Gasteiger charge is -2.41. The van der Waals surface area contributed by atoms with Crippen LogP contribution < -0.4 is 5.32 Å². The quantitative estimate of drug-likeness (QED) is 0.796. The molecule has 1 unspecified atom stereocenters. The molecule has 1 rings (SSSR count). The van der Waals surface area contributed by atoms with E-state index in [0.29, 0.717) is 25.6 Å². The van der Waals surface area contributed by atoms with Crippen LogP contribution in [0.25, 0.3) is 0 Å². The van der Waals surface area contributed by atoms with Gasteiger partial charge in [-0.2, -0.15) is 0 Å². The summed E-state index contributed by atoms with van der Waals surface area (Å²) in [5.74, 6) is -0.527. The van der Waals surface area contributed by atoms with Crippen molar-refractivity contribution in [2.75, 3.05) is 33.2 Å². The van der Waals surface area contributed by atoms with Gasteiger partial charge in [0.15, 0.2) is 0 Å². The fourth-order valence-corrected chi connectivity index (χ4v) is 2.75. The van der Waals surface area contributed by atoms with E-state index in [1.54, 1.807) is 18.7 Å². The van der Waals surface area contributed by atoms with Gasteiger partial charge in [-0.25, -0.2) is 9.59 Å². The Morgan fingerprint density at radius 3 is 2.60 bits per heavy atom. The first-order valence-corrected chi connectivity index (χ1v) is 7.29. The van der Waals surface area contributed by atoms with Crippen LogP contribution >= 0.6 is 0 Å². The summed E-state index contributed by atoms with van der Waals surface area (Å²) in [6, 6.07) is -0.166. The van der Waals surface area contributed by atoms with Crippen LogP contribution in [0.5, 0.6) is 0 Å². The number of urea groups is 1. The zero-order valence-corrected chi connectivity index (χ0v) is 13.0. The van der Waals surface area contributed by atoms with Crippen molar-refractivity contribution in [2.45, 2.75) is 39.2 Å². The van der Waals surface area contributed by atoms with Crippen molar-refractivity contribution >= 4 is 12.0 Å². The van der Waals surface area contributed by atoms with Gasteiger partial charge < -0.3 is 20.2 Å². The van der Waals surface area contributed by atoms with Crippen molar-refractivity contribution in [2.24, 2.45) is 5.92 Å². The highest BCUT2D eigenvalue weighted by Crippen LogP contribution is 2.21. The van der Waals surface area contributed by atoms with Gasteiger partial charge in [-0.1, -0.05) is 0 Å². The molecule has 116 valence electrons. The van der Waals surface area contributed by atoms with Gasteiger partial charge in [0.1, 0.15) is 5.54 Å². The van der Waals surface area contributed by atoms with Crippen LogP contribution in [0.15, 0.2) is 0 Å². The molecule has 1 atom stereocenters. The molecule has 0 saturated carbocycles. The molecule has 1 heterocycles. The summed E-state index contributed by atoms with van der Waals surface area (Å²) in [6.07, 6.45) is 2.09. The van der Waals surface area contributed by atoms with E-state index in [9.17, 15) is 14.7 Å². The van der Waals surface area contributed by atoms with Crippen LogP contribution in [0.2, 0.25) is 0 Å². The highest BCUT2D eigenvalue weighted by molar-refractivity contribution is 5.85. The number of carbonyl (C=O) groups is 2. The third kappa shape index (κ3) is 3.62. The molecular weight excluding hydrogens is 258 g/mol. The molecule has 0 aliphatic carbocycles. The molecule has 2 N–H and O–H groups in total. The molecule has 0 spiro atoms. The summed E-state index contributed by atoms with van der Waals surface area (Å²) in [5.41, 5.74) is -1.18. The van der Waals surface area contributed by atoms with E-state index in [1.807, 2.05) is 14.0 Å². The summed E-state index contributed by atoms with van der Waals surface area (Å²) < 4.78 is 0. The second-order valence-corrected chi connectivity index (χ2v) is 5.90. The summed E-state index contributed by atoms with van der Waals surface area (Å²) in [7, 11) is 1.91. The van der Waals surface area contributed by atoms with Crippen molar-refractivity contribution in [1.82, 2.24) is 15.1 Å². The first kappa shape index (κ1) is 16.8. The predicted octanol–water partition coefficient (Wildman–Crippen LogP) is 1.22. The number of nitrogens with zero attached hydrogens (tertiary/aromatic N) is 2. The summed E-state index contributed by atoms with van der Waals surface area (Å²) >= 11 is 0. The van der Waals surface area contributed by atoms with Gasteiger partial charge in [0.05, 0.1) is 0 Å². The van der Waals surface area contributed by atoms with Crippen LogP contribution in [0.3, 0.4) is 0 Å². The second kappa shape index (κ2) is 6.92. The number of likely N-dealkylation sites (tertiary alicyclic amines) is 1. The SMILES string of the molecule is CCN(C(=O)N1CCCC(CNC)C1)C(C)(C)C(=O)O. The lowest BCUT2D eigenvalue weighted by atomic mass is 9.97. The van der Waals surface area contributed by atoms with E-state index in [2.05, 4.69) is 5.32 Å². The molecule has 20 heavy (non-hydrogen) atoms. The van der Waals surface area contributed by atoms with Crippen molar-refractivity contribution < 1.29 is 14.7 Å². The van der Waals surface area contributed by atoms with Gasteiger partial charge in [0, 0.05) is 19.6 Å².